The van der Waals surface area contributed by atoms with Gasteiger partial charge in [0.25, 0.3) is 0 Å². The summed E-state index contributed by atoms with van der Waals surface area (Å²) in [5.74, 6) is 1.15. The highest BCUT2D eigenvalue weighted by atomic mass is 16.5. The summed E-state index contributed by atoms with van der Waals surface area (Å²) in [4.78, 5) is 23.4. The van der Waals surface area contributed by atoms with Crippen LogP contribution in [0, 0.1) is 23.2 Å². The Morgan fingerprint density at radius 3 is 2.84 bits per heavy atom. The third-order valence-corrected chi connectivity index (χ3v) is 7.20. The van der Waals surface area contributed by atoms with Crippen LogP contribution in [0.2, 0.25) is 0 Å². The van der Waals surface area contributed by atoms with Gasteiger partial charge in [-0.05, 0) is 73.1 Å². The largest absolute Gasteiger partial charge is 0.508 e. The van der Waals surface area contributed by atoms with Gasteiger partial charge in [0.2, 0.25) is 0 Å². The molecular formula is C21H26O4. The molecule has 0 saturated heterocycles. The van der Waals surface area contributed by atoms with Gasteiger partial charge in [0.05, 0.1) is 0 Å². The second-order valence-electron chi connectivity index (χ2n) is 8.40. The maximum Gasteiger partial charge on any atom is 0.302 e. The van der Waals surface area contributed by atoms with Crippen molar-refractivity contribution < 1.29 is 19.4 Å². The van der Waals surface area contributed by atoms with Gasteiger partial charge in [0.1, 0.15) is 18.1 Å². The fourth-order valence-corrected chi connectivity index (χ4v) is 6.16. The Hall–Kier alpha value is -1.84. The normalized spacial score (nSPS) is 39.0. The number of ether oxygens (including phenoxy) is 1. The molecule has 3 aliphatic rings. The minimum absolute atomic E-state index is 0.0139. The summed E-state index contributed by atoms with van der Waals surface area (Å²) < 4.78 is 5.66. The van der Waals surface area contributed by atoms with Crippen LogP contribution in [0.4, 0.5) is 0 Å². The maximum atomic E-state index is 11.9. The number of hydrogen-bond acceptors (Lipinski definition) is 4. The van der Waals surface area contributed by atoms with E-state index in [0.29, 0.717) is 24.2 Å². The molecule has 1 aromatic carbocycles. The molecule has 3 aliphatic carbocycles. The van der Waals surface area contributed by atoms with E-state index < -0.39 is 0 Å². The lowest BCUT2D eigenvalue weighted by Gasteiger charge is -2.52. The summed E-state index contributed by atoms with van der Waals surface area (Å²) in [5, 5.41) is 9.82. The zero-order valence-electron chi connectivity index (χ0n) is 14.9. The Bertz CT molecular complexity index is 712. The zero-order chi connectivity index (χ0) is 17.8. The van der Waals surface area contributed by atoms with Crippen molar-refractivity contribution in [3.8, 4) is 5.75 Å². The van der Waals surface area contributed by atoms with Crippen LogP contribution in [0.3, 0.4) is 0 Å². The Morgan fingerprint density at radius 1 is 1.32 bits per heavy atom. The molecule has 6 atom stereocenters. The summed E-state index contributed by atoms with van der Waals surface area (Å²) >= 11 is 0. The monoisotopic (exact) mass is 342 g/mol. The molecule has 4 rings (SSSR count). The van der Waals surface area contributed by atoms with E-state index in [1.54, 1.807) is 6.07 Å². The first-order valence-electron chi connectivity index (χ1n) is 9.38. The molecule has 1 aromatic rings. The number of aldehydes is 1. The SMILES string of the molecule is CC(=O)O[C@H]1CC[C@H]2[C@@H]3[C@H](C=O)Cc4cc(O)ccc4[C@H]3CC[C@]12C. The van der Waals surface area contributed by atoms with Gasteiger partial charge < -0.3 is 14.6 Å². The molecular weight excluding hydrogens is 316 g/mol. The third kappa shape index (κ3) is 2.49. The van der Waals surface area contributed by atoms with Crippen LogP contribution in [0.25, 0.3) is 0 Å². The van der Waals surface area contributed by atoms with Crippen molar-refractivity contribution in [1.82, 2.24) is 0 Å². The lowest BCUT2D eigenvalue weighted by atomic mass is 9.52. The van der Waals surface area contributed by atoms with Gasteiger partial charge in [-0.15, -0.1) is 0 Å². The second kappa shape index (κ2) is 5.86. The van der Waals surface area contributed by atoms with Crippen LogP contribution in [-0.4, -0.2) is 23.5 Å². The standard InChI is InChI=1S/C21H26O4/c1-12(23)25-19-6-5-18-20-14(11-22)9-13-10-15(24)3-4-16(13)17(20)7-8-21(18,19)2/h3-4,10-11,14,17-20,24H,5-9H2,1-2H3/t14-,17+,18-,19-,20+,21-/m0/s1. The number of hydrogen-bond donors (Lipinski definition) is 1. The quantitative estimate of drug-likeness (QED) is 0.659. The van der Waals surface area contributed by atoms with Crippen LogP contribution in [0.15, 0.2) is 18.2 Å². The van der Waals surface area contributed by atoms with Crippen LogP contribution in [0.5, 0.6) is 5.75 Å². The summed E-state index contributed by atoms with van der Waals surface area (Å²) in [6.45, 7) is 3.74. The van der Waals surface area contributed by atoms with Crippen LogP contribution in [0.1, 0.15) is 56.6 Å². The van der Waals surface area contributed by atoms with E-state index in [2.05, 4.69) is 6.92 Å². The number of phenolic OH excluding ortho intramolecular Hbond substituents is 1. The van der Waals surface area contributed by atoms with Crippen molar-refractivity contribution >= 4 is 12.3 Å². The Labute approximate surface area is 148 Å². The molecule has 0 aromatic heterocycles. The fourth-order valence-electron chi connectivity index (χ4n) is 6.16. The Balaban J connectivity index is 1.71. The van der Waals surface area contributed by atoms with E-state index in [4.69, 9.17) is 4.74 Å². The smallest absolute Gasteiger partial charge is 0.302 e. The topological polar surface area (TPSA) is 63.6 Å². The van der Waals surface area contributed by atoms with Crippen LogP contribution in [-0.2, 0) is 20.7 Å². The predicted octanol–water partition coefficient (Wildman–Crippen LogP) is 3.61. The van der Waals surface area contributed by atoms with Gasteiger partial charge in [0, 0.05) is 18.3 Å². The number of carbonyl (C=O) groups excluding carboxylic acids is 2. The lowest BCUT2D eigenvalue weighted by molar-refractivity contribution is -0.155. The summed E-state index contributed by atoms with van der Waals surface area (Å²) in [6.07, 6.45) is 5.75. The zero-order valence-corrected chi connectivity index (χ0v) is 14.9. The first-order valence-corrected chi connectivity index (χ1v) is 9.38. The van der Waals surface area contributed by atoms with Crippen LogP contribution < -0.4 is 0 Å². The highest BCUT2D eigenvalue weighted by molar-refractivity contribution is 5.66. The van der Waals surface area contributed by atoms with E-state index in [-0.39, 0.29) is 29.2 Å². The molecule has 0 aliphatic heterocycles. The molecule has 0 unspecified atom stereocenters. The Morgan fingerprint density at radius 2 is 2.12 bits per heavy atom. The first-order chi connectivity index (χ1) is 11.9. The molecule has 4 heteroatoms. The minimum atomic E-state index is -0.203. The highest BCUT2D eigenvalue weighted by Crippen LogP contribution is 2.62. The van der Waals surface area contributed by atoms with E-state index in [0.717, 1.165) is 37.5 Å². The van der Waals surface area contributed by atoms with E-state index in [1.165, 1.54) is 12.5 Å². The number of esters is 1. The summed E-state index contributed by atoms with van der Waals surface area (Å²) in [7, 11) is 0. The van der Waals surface area contributed by atoms with Gasteiger partial charge in [-0.3, -0.25) is 4.79 Å². The van der Waals surface area contributed by atoms with Gasteiger partial charge in [-0.25, -0.2) is 0 Å². The predicted molar refractivity (Wildman–Crippen MR) is 93.2 cm³/mol. The van der Waals surface area contributed by atoms with Gasteiger partial charge >= 0.3 is 5.97 Å². The molecule has 0 spiro atoms. The van der Waals surface area contributed by atoms with Crippen molar-refractivity contribution in [1.29, 1.82) is 0 Å². The minimum Gasteiger partial charge on any atom is -0.508 e. The molecule has 2 fully saturated rings. The number of phenols is 1. The van der Waals surface area contributed by atoms with E-state index in [1.807, 2.05) is 12.1 Å². The molecule has 0 amide bonds. The third-order valence-electron chi connectivity index (χ3n) is 7.20. The number of rotatable bonds is 2. The molecule has 1 N–H and O–H groups in total. The fraction of sp³-hybridized carbons (Fsp3) is 0.619. The van der Waals surface area contributed by atoms with Crippen LogP contribution >= 0.6 is 0 Å². The van der Waals surface area contributed by atoms with Gasteiger partial charge in [0.15, 0.2) is 0 Å². The van der Waals surface area contributed by atoms with Crippen molar-refractivity contribution in [2.75, 3.05) is 0 Å². The average Bonchev–Trinajstić information content (AvgIpc) is 2.89. The molecule has 0 heterocycles. The number of benzene rings is 1. The van der Waals surface area contributed by atoms with Gasteiger partial charge in [-0.2, -0.15) is 0 Å². The lowest BCUT2D eigenvalue weighted by Crippen LogP contribution is -2.48. The van der Waals surface area contributed by atoms with Crippen molar-refractivity contribution in [3.63, 3.8) is 0 Å². The highest BCUT2D eigenvalue weighted by Gasteiger charge is 2.58. The van der Waals surface area contributed by atoms with E-state index in [9.17, 15) is 14.7 Å². The molecule has 25 heavy (non-hydrogen) atoms. The first kappa shape index (κ1) is 16.6. The molecule has 0 radical (unpaired) electrons. The van der Waals surface area contributed by atoms with Gasteiger partial charge in [-0.1, -0.05) is 13.0 Å². The van der Waals surface area contributed by atoms with Crippen molar-refractivity contribution in [3.05, 3.63) is 29.3 Å². The summed E-state index contributed by atoms with van der Waals surface area (Å²) in [6, 6.07) is 5.64. The molecule has 134 valence electrons. The molecule has 4 nitrogen and oxygen atoms in total. The van der Waals surface area contributed by atoms with Crippen molar-refractivity contribution in [2.45, 2.75) is 58.0 Å². The van der Waals surface area contributed by atoms with E-state index >= 15 is 0 Å². The number of aromatic hydroxyl groups is 1. The maximum absolute atomic E-state index is 11.9. The second-order valence-corrected chi connectivity index (χ2v) is 8.40. The summed E-state index contributed by atoms with van der Waals surface area (Å²) in [5.41, 5.74) is 2.40. The number of fused-ring (bicyclic) bond motifs is 5. The molecule has 0 bridgehead atoms. The Kier molecular flexibility index (Phi) is 3.89. The van der Waals surface area contributed by atoms with Crippen molar-refractivity contribution in [2.24, 2.45) is 23.2 Å². The average molecular weight is 342 g/mol. The number of carbonyl (C=O) groups is 2. The molecule has 2 saturated carbocycles.